The number of carboxylic acid groups (broad SMARTS) is 1. The van der Waals surface area contributed by atoms with Crippen LogP contribution >= 0.6 is 0 Å². The average Bonchev–Trinajstić information content (AvgIpc) is 2.58. The number of nitrogens with one attached hydrogen (secondary N) is 1. The summed E-state index contributed by atoms with van der Waals surface area (Å²) in [6, 6.07) is 0. The highest BCUT2D eigenvalue weighted by Gasteiger charge is 2.38. The molecule has 0 saturated carbocycles. The van der Waals surface area contributed by atoms with Crippen molar-refractivity contribution in [3.63, 3.8) is 0 Å². The molecule has 1 N–H and O–H groups in total. The summed E-state index contributed by atoms with van der Waals surface area (Å²) in [7, 11) is 0. The first kappa shape index (κ1) is 10.8. The molecule has 0 aromatic carbocycles. The van der Waals surface area contributed by atoms with Crippen molar-refractivity contribution in [1.82, 2.24) is 15.1 Å². The van der Waals surface area contributed by atoms with Crippen molar-refractivity contribution in [2.24, 2.45) is 0 Å². The van der Waals surface area contributed by atoms with Gasteiger partial charge >= 0.3 is 6.18 Å². The Morgan fingerprint density at radius 1 is 1.50 bits per heavy atom. The van der Waals surface area contributed by atoms with Crippen LogP contribution in [-0.4, -0.2) is 27.7 Å². The van der Waals surface area contributed by atoms with E-state index in [1.165, 1.54) is 0 Å². The van der Waals surface area contributed by atoms with Gasteiger partial charge in [0, 0.05) is 12.1 Å². The van der Waals surface area contributed by atoms with E-state index >= 15 is 0 Å². The topological polar surface area (TPSA) is 72.0 Å². The molecule has 1 aliphatic heterocycles. The van der Waals surface area contributed by atoms with E-state index in [0.29, 0.717) is 0 Å². The Morgan fingerprint density at radius 2 is 2.19 bits per heavy atom. The van der Waals surface area contributed by atoms with Crippen LogP contribution in [-0.2, 0) is 19.1 Å². The molecular weight excluding hydrogens is 227 g/mol. The Bertz CT molecular complexity index is 427. The predicted octanol–water partition coefficient (Wildman–Crippen LogP) is 0.130. The van der Waals surface area contributed by atoms with Gasteiger partial charge in [0.2, 0.25) is 0 Å². The summed E-state index contributed by atoms with van der Waals surface area (Å²) in [5, 5.41) is 15.9. The van der Waals surface area contributed by atoms with Crippen LogP contribution in [0.3, 0.4) is 0 Å². The highest BCUT2D eigenvalue weighted by molar-refractivity contribution is 5.63. The molecule has 0 saturated heterocycles. The largest absolute Gasteiger partial charge is 0.530 e. The second-order valence-electron chi connectivity index (χ2n) is 3.46. The monoisotopic (exact) mass is 234 g/mol. The van der Waals surface area contributed by atoms with E-state index < -0.39 is 18.0 Å². The number of halogens is 3. The van der Waals surface area contributed by atoms with E-state index in [0.717, 1.165) is 4.90 Å². The fourth-order valence-electron chi connectivity index (χ4n) is 1.71. The van der Waals surface area contributed by atoms with Gasteiger partial charge in [0.15, 0.2) is 5.69 Å². The summed E-state index contributed by atoms with van der Waals surface area (Å²) in [5.41, 5.74) is -0.728. The minimum Gasteiger partial charge on any atom is -0.530 e. The molecule has 1 amide bonds. The van der Waals surface area contributed by atoms with Gasteiger partial charge in [-0.1, -0.05) is 0 Å². The number of hydrogen-bond donors (Lipinski definition) is 1. The number of carbonyl (C=O) groups is 1. The SMILES string of the molecule is O=C([O-])N1CCc2c(C(F)(F)F)n[nH]c2C1. The molecule has 0 bridgehead atoms. The average molecular weight is 234 g/mol. The molecule has 0 aliphatic carbocycles. The van der Waals surface area contributed by atoms with Crippen molar-refractivity contribution in [3.8, 4) is 0 Å². The third kappa shape index (κ3) is 1.70. The second-order valence-corrected chi connectivity index (χ2v) is 3.46. The van der Waals surface area contributed by atoms with Crippen LogP contribution in [0, 0.1) is 0 Å². The lowest BCUT2D eigenvalue weighted by Crippen LogP contribution is -2.44. The van der Waals surface area contributed by atoms with Gasteiger partial charge in [0.1, 0.15) is 6.09 Å². The van der Waals surface area contributed by atoms with Gasteiger partial charge in [-0.2, -0.15) is 18.3 Å². The zero-order valence-corrected chi connectivity index (χ0v) is 7.97. The van der Waals surface area contributed by atoms with Gasteiger partial charge in [0.25, 0.3) is 0 Å². The van der Waals surface area contributed by atoms with Gasteiger partial charge < -0.3 is 14.8 Å². The van der Waals surface area contributed by atoms with Gasteiger partial charge in [-0.25, -0.2) is 0 Å². The van der Waals surface area contributed by atoms with Gasteiger partial charge in [-0.15, -0.1) is 0 Å². The molecule has 1 aliphatic rings. The number of aromatic amines is 1. The van der Waals surface area contributed by atoms with Crippen LogP contribution in [0.2, 0.25) is 0 Å². The molecule has 2 rings (SSSR count). The zero-order chi connectivity index (χ0) is 11.9. The number of nitrogens with zero attached hydrogens (tertiary/aromatic N) is 2. The van der Waals surface area contributed by atoms with Crippen LogP contribution in [0.15, 0.2) is 0 Å². The highest BCUT2D eigenvalue weighted by Crippen LogP contribution is 2.33. The van der Waals surface area contributed by atoms with Crippen molar-refractivity contribution in [2.75, 3.05) is 6.54 Å². The molecule has 16 heavy (non-hydrogen) atoms. The van der Waals surface area contributed by atoms with Crippen LogP contribution in [0.5, 0.6) is 0 Å². The van der Waals surface area contributed by atoms with Crippen LogP contribution in [0.4, 0.5) is 18.0 Å². The van der Waals surface area contributed by atoms with E-state index in [-0.39, 0.29) is 30.8 Å². The number of amides is 1. The molecule has 0 radical (unpaired) electrons. The molecule has 0 unspecified atom stereocenters. The number of carbonyl (C=O) groups excluding carboxylic acids is 1. The Balaban J connectivity index is 2.31. The number of rotatable bonds is 0. The number of alkyl halides is 3. The summed E-state index contributed by atoms with van der Waals surface area (Å²) in [6.45, 7) is -0.140. The van der Waals surface area contributed by atoms with Gasteiger partial charge in [-0.3, -0.25) is 5.10 Å². The van der Waals surface area contributed by atoms with E-state index in [2.05, 4.69) is 10.2 Å². The second kappa shape index (κ2) is 3.39. The molecule has 2 heterocycles. The predicted molar refractivity (Wildman–Crippen MR) is 43.1 cm³/mol. The molecule has 5 nitrogen and oxygen atoms in total. The van der Waals surface area contributed by atoms with Crippen molar-refractivity contribution in [3.05, 3.63) is 17.0 Å². The quantitative estimate of drug-likeness (QED) is 0.693. The van der Waals surface area contributed by atoms with Crippen molar-refractivity contribution >= 4 is 6.09 Å². The number of aromatic nitrogens is 2. The van der Waals surface area contributed by atoms with Gasteiger partial charge in [0.05, 0.1) is 12.2 Å². The maximum atomic E-state index is 12.4. The summed E-state index contributed by atoms with van der Waals surface area (Å²) in [5.74, 6) is 0. The fourth-order valence-corrected chi connectivity index (χ4v) is 1.71. The lowest BCUT2D eigenvalue weighted by atomic mass is 10.0. The van der Waals surface area contributed by atoms with E-state index in [4.69, 9.17) is 0 Å². The molecular formula is C8H7F3N3O2-. The van der Waals surface area contributed by atoms with E-state index in [9.17, 15) is 23.1 Å². The summed E-state index contributed by atoms with van der Waals surface area (Å²) in [6.07, 6.45) is -5.91. The third-order valence-electron chi connectivity index (χ3n) is 2.46. The summed E-state index contributed by atoms with van der Waals surface area (Å²) in [4.78, 5) is 11.5. The standard InChI is InChI=1S/C8H8F3N3O2/c9-8(10,11)6-4-1-2-14(7(15)16)3-5(4)12-13-6/h1-3H2,(H,12,13)(H,15,16)/p-1. The molecule has 0 fully saturated rings. The molecule has 8 heteroatoms. The number of hydrogen-bond acceptors (Lipinski definition) is 3. The minimum absolute atomic E-state index is 0.00204. The smallest absolute Gasteiger partial charge is 0.435 e. The first-order valence-electron chi connectivity index (χ1n) is 4.49. The minimum atomic E-state index is -4.51. The molecule has 0 spiro atoms. The number of fused-ring (bicyclic) bond motifs is 1. The summed E-state index contributed by atoms with van der Waals surface area (Å²) < 4.78 is 37.3. The lowest BCUT2D eigenvalue weighted by Gasteiger charge is -2.28. The number of H-pyrrole nitrogens is 1. The Kier molecular flexibility index (Phi) is 2.28. The van der Waals surface area contributed by atoms with Gasteiger partial charge in [-0.05, 0) is 6.42 Å². The maximum absolute atomic E-state index is 12.4. The molecule has 1 aromatic rings. The Morgan fingerprint density at radius 3 is 2.75 bits per heavy atom. The van der Waals surface area contributed by atoms with Crippen molar-refractivity contribution < 1.29 is 23.1 Å². The van der Waals surface area contributed by atoms with E-state index in [1.54, 1.807) is 0 Å². The fraction of sp³-hybridized carbons (Fsp3) is 0.500. The van der Waals surface area contributed by atoms with Crippen LogP contribution in [0.25, 0.3) is 0 Å². The molecule has 0 atom stereocenters. The van der Waals surface area contributed by atoms with Crippen molar-refractivity contribution in [2.45, 2.75) is 19.1 Å². The Labute approximate surface area is 87.9 Å². The van der Waals surface area contributed by atoms with Crippen LogP contribution in [0.1, 0.15) is 17.0 Å². The normalized spacial score (nSPS) is 16.1. The molecule has 1 aromatic heterocycles. The first-order valence-corrected chi connectivity index (χ1v) is 4.49. The summed E-state index contributed by atoms with van der Waals surface area (Å²) >= 11 is 0. The van der Waals surface area contributed by atoms with E-state index in [1.807, 2.05) is 0 Å². The molecule has 88 valence electrons. The first-order chi connectivity index (χ1) is 7.39. The Hall–Kier alpha value is -1.73. The third-order valence-corrected chi connectivity index (χ3v) is 2.46. The highest BCUT2D eigenvalue weighted by atomic mass is 19.4. The lowest BCUT2D eigenvalue weighted by molar-refractivity contribution is -0.266. The maximum Gasteiger partial charge on any atom is 0.435 e. The van der Waals surface area contributed by atoms with Crippen LogP contribution < -0.4 is 5.11 Å². The zero-order valence-electron chi connectivity index (χ0n) is 7.97. The van der Waals surface area contributed by atoms with Crippen molar-refractivity contribution in [1.29, 1.82) is 0 Å².